The van der Waals surface area contributed by atoms with Crippen molar-refractivity contribution < 1.29 is 17.6 Å². The summed E-state index contributed by atoms with van der Waals surface area (Å²) in [4.78, 5) is 10.8. The summed E-state index contributed by atoms with van der Waals surface area (Å²) in [5, 5.41) is 0. The number of rotatable bonds is 3. The van der Waals surface area contributed by atoms with Crippen LogP contribution < -0.4 is 0 Å². The summed E-state index contributed by atoms with van der Waals surface area (Å²) in [6.07, 6.45) is 2.19. The van der Waals surface area contributed by atoms with Crippen molar-refractivity contribution in [2.24, 2.45) is 5.92 Å². The van der Waals surface area contributed by atoms with Gasteiger partial charge in [-0.1, -0.05) is 0 Å². The fraction of sp³-hybridized carbons (Fsp3) is 0.417. The van der Waals surface area contributed by atoms with Gasteiger partial charge in [0, 0.05) is 19.0 Å². The fourth-order valence-corrected chi connectivity index (χ4v) is 3.59. The molecule has 18 heavy (non-hydrogen) atoms. The van der Waals surface area contributed by atoms with Crippen LogP contribution in [-0.4, -0.2) is 32.1 Å². The van der Waals surface area contributed by atoms with Gasteiger partial charge in [0.1, 0.15) is 12.1 Å². The normalized spacial score (nSPS) is 21.7. The summed E-state index contributed by atoms with van der Waals surface area (Å²) in [5.41, 5.74) is 0. The second kappa shape index (κ2) is 5.16. The van der Waals surface area contributed by atoms with Crippen molar-refractivity contribution in [3.63, 3.8) is 0 Å². The molecule has 0 saturated carbocycles. The third-order valence-corrected chi connectivity index (χ3v) is 4.94. The van der Waals surface area contributed by atoms with E-state index in [1.165, 1.54) is 16.4 Å². The van der Waals surface area contributed by atoms with Gasteiger partial charge >= 0.3 is 0 Å². The summed E-state index contributed by atoms with van der Waals surface area (Å²) in [6.45, 7) is 0.618. The first-order chi connectivity index (χ1) is 8.54. The molecule has 0 aliphatic carbocycles. The van der Waals surface area contributed by atoms with E-state index in [0.717, 1.165) is 24.8 Å². The Balaban J connectivity index is 2.25. The van der Waals surface area contributed by atoms with Crippen molar-refractivity contribution in [1.82, 2.24) is 4.31 Å². The molecule has 0 N–H and O–H groups in total. The van der Waals surface area contributed by atoms with Crippen LogP contribution in [0.5, 0.6) is 0 Å². The molecule has 6 heteroatoms. The van der Waals surface area contributed by atoms with Gasteiger partial charge in [0.25, 0.3) is 0 Å². The molecule has 4 nitrogen and oxygen atoms in total. The van der Waals surface area contributed by atoms with Crippen LogP contribution in [0.3, 0.4) is 0 Å². The minimum atomic E-state index is -3.61. The molecule has 1 saturated heterocycles. The number of halogens is 1. The molecule has 0 spiro atoms. The van der Waals surface area contributed by atoms with Crippen LogP contribution in [-0.2, 0) is 14.8 Å². The van der Waals surface area contributed by atoms with Gasteiger partial charge in [-0.05, 0) is 37.1 Å². The Kier molecular flexibility index (Phi) is 3.77. The molecule has 98 valence electrons. The smallest absolute Gasteiger partial charge is 0.243 e. The zero-order valence-electron chi connectivity index (χ0n) is 9.75. The van der Waals surface area contributed by atoms with Gasteiger partial charge in [-0.15, -0.1) is 0 Å². The highest BCUT2D eigenvalue weighted by Crippen LogP contribution is 2.22. The van der Waals surface area contributed by atoms with E-state index < -0.39 is 15.8 Å². The van der Waals surface area contributed by atoms with E-state index >= 15 is 0 Å². The lowest BCUT2D eigenvalue weighted by Crippen LogP contribution is -2.40. The SMILES string of the molecule is O=CC1CCCN(S(=O)(=O)c2ccc(F)cc2)C1. The molecule has 0 amide bonds. The van der Waals surface area contributed by atoms with E-state index in [4.69, 9.17) is 0 Å². The monoisotopic (exact) mass is 271 g/mol. The maximum atomic E-state index is 12.8. The van der Waals surface area contributed by atoms with E-state index in [1.807, 2.05) is 0 Å². The van der Waals surface area contributed by atoms with Crippen LogP contribution in [0.2, 0.25) is 0 Å². The number of sulfonamides is 1. The van der Waals surface area contributed by atoms with Crippen molar-refractivity contribution in [3.05, 3.63) is 30.1 Å². The maximum absolute atomic E-state index is 12.8. The first-order valence-electron chi connectivity index (χ1n) is 5.75. The van der Waals surface area contributed by atoms with E-state index in [1.54, 1.807) is 0 Å². The molecule has 1 heterocycles. The third-order valence-electron chi connectivity index (χ3n) is 3.06. The highest BCUT2D eigenvalue weighted by molar-refractivity contribution is 7.89. The van der Waals surface area contributed by atoms with E-state index in [-0.39, 0.29) is 17.4 Å². The highest BCUT2D eigenvalue weighted by atomic mass is 32.2. The van der Waals surface area contributed by atoms with Gasteiger partial charge in [-0.3, -0.25) is 0 Å². The van der Waals surface area contributed by atoms with Gasteiger partial charge in [-0.2, -0.15) is 4.31 Å². The Labute approximate surface area is 105 Å². The quantitative estimate of drug-likeness (QED) is 0.781. The van der Waals surface area contributed by atoms with Crippen molar-refractivity contribution in [3.8, 4) is 0 Å². The van der Waals surface area contributed by atoms with Crippen molar-refractivity contribution >= 4 is 16.3 Å². The fourth-order valence-electron chi connectivity index (χ4n) is 2.06. The van der Waals surface area contributed by atoms with Gasteiger partial charge in [0.15, 0.2) is 0 Å². The first kappa shape index (κ1) is 13.2. The number of carbonyl (C=O) groups is 1. The topological polar surface area (TPSA) is 54.5 Å². The molecule has 1 aliphatic heterocycles. The van der Waals surface area contributed by atoms with E-state index in [9.17, 15) is 17.6 Å². The number of aldehydes is 1. The lowest BCUT2D eigenvalue weighted by molar-refractivity contribution is -0.112. The largest absolute Gasteiger partial charge is 0.303 e. The molecule has 0 aromatic heterocycles. The molecular weight excluding hydrogens is 257 g/mol. The molecular formula is C12H14FNO3S. The minimum Gasteiger partial charge on any atom is -0.303 e. The highest BCUT2D eigenvalue weighted by Gasteiger charge is 2.29. The summed E-state index contributed by atoms with van der Waals surface area (Å²) in [5.74, 6) is -0.715. The number of piperidine rings is 1. The second-order valence-corrected chi connectivity index (χ2v) is 6.29. The number of benzene rings is 1. The lowest BCUT2D eigenvalue weighted by atomic mass is 10.0. The van der Waals surface area contributed by atoms with Gasteiger partial charge in [-0.25, -0.2) is 12.8 Å². The van der Waals surface area contributed by atoms with Gasteiger partial charge < -0.3 is 4.79 Å². The zero-order chi connectivity index (χ0) is 13.2. The first-order valence-corrected chi connectivity index (χ1v) is 7.19. The summed E-state index contributed by atoms with van der Waals surface area (Å²) >= 11 is 0. The van der Waals surface area contributed by atoms with Crippen LogP contribution in [0.1, 0.15) is 12.8 Å². The predicted molar refractivity (Wildman–Crippen MR) is 63.9 cm³/mol. The molecule has 1 unspecified atom stereocenters. The average molecular weight is 271 g/mol. The predicted octanol–water partition coefficient (Wildman–Crippen LogP) is 1.43. The molecule has 1 aromatic rings. The van der Waals surface area contributed by atoms with E-state index in [0.29, 0.717) is 13.0 Å². The molecule has 1 fully saturated rings. The van der Waals surface area contributed by atoms with Crippen LogP contribution in [0.15, 0.2) is 29.2 Å². The Hall–Kier alpha value is -1.27. The van der Waals surface area contributed by atoms with Crippen LogP contribution in [0.25, 0.3) is 0 Å². The molecule has 1 atom stereocenters. The average Bonchev–Trinajstić information content (AvgIpc) is 2.39. The minimum absolute atomic E-state index is 0.0652. The van der Waals surface area contributed by atoms with Crippen LogP contribution >= 0.6 is 0 Å². The summed E-state index contributed by atoms with van der Waals surface area (Å²) in [6, 6.07) is 4.73. The lowest BCUT2D eigenvalue weighted by Gasteiger charge is -2.29. The van der Waals surface area contributed by atoms with Crippen LogP contribution in [0, 0.1) is 11.7 Å². The van der Waals surface area contributed by atoms with Gasteiger partial charge in [0.2, 0.25) is 10.0 Å². The number of hydrogen-bond acceptors (Lipinski definition) is 3. The summed E-state index contributed by atoms with van der Waals surface area (Å²) < 4.78 is 38.6. The van der Waals surface area contributed by atoms with Crippen molar-refractivity contribution in [2.45, 2.75) is 17.7 Å². The van der Waals surface area contributed by atoms with E-state index in [2.05, 4.69) is 0 Å². The Morgan fingerprint density at radius 3 is 2.56 bits per heavy atom. The number of carbonyl (C=O) groups excluding carboxylic acids is 1. The number of nitrogens with zero attached hydrogens (tertiary/aromatic N) is 1. The Bertz CT molecular complexity index is 527. The zero-order valence-corrected chi connectivity index (χ0v) is 10.6. The van der Waals surface area contributed by atoms with Crippen molar-refractivity contribution in [1.29, 1.82) is 0 Å². The van der Waals surface area contributed by atoms with Gasteiger partial charge in [0.05, 0.1) is 4.90 Å². The second-order valence-electron chi connectivity index (χ2n) is 4.36. The number of hydrogen-bond donors (Lipinski definition) is 0. The Morgan fingerprint density at radius 2 is 1.94 bits per heavy atom. The Morgan fingerprint density at radius 1 is 1.28 bits per heavy atom. The molecule has 1 aromatic carbocycles. The molecule has 0 radical (unpaired) electrons. The molecule has 2 rings (SSSR count). The maximum Gasteiger partial charge on any atom is 0.243 e. The standard InChI is InChI=1S/C12H14FNO3S/c13-11-3-5-12(6-4-11)18(16,17)14-7-1-2-10(8-14)9-15/h3-6,9-10H,1-2,7-8H2. The summed E-state index contributed by atoms with van der Waals surface area (Å²) in [7, 11) is -3.61. The van der Waals surface area contributed by atoms with Crippen molar-refractivity contribution in [2.75, 3.05) is 13.1 Å². The molecule has 0 bridgehead atoms. The third kappa shape index (κ3) is 2.59. The van der Waals surface area contributed by atoms with Crippen LogP contribution in [0.4, 0.5) is 4.39 Å². The molecule has 1 aliphatic rings.